The maximum atomic E-state index is 13.3. The van der Waals surface area contributed by atoms with Crippen LogP contribution in [0.3, 0.4) is 0 Å². The molecule has 0 bridgehead atoms. The number of nitrogens with two attached hydrogens (primary N) is 1. The van der Waals surface area contributed by atoms with Gasteiger partial charge in [0.1, 0.15) is 11.0 Å². The number of hydrogen-bond acceptors (Lipinski definition) is 7. The van der Waals surface area contributed by atoms with Gasteiger partial charge < -0.3 is 10.6 Å². The van der Waals surface area contributed by atoms with Gasteiger partial charge in [0.15, 0.2) is 0 Å². The van der Waals surface area contributed by atoms with Gasteiger partial charge >= 0.3 is 0 Å². The van der Waals surface area contributed by atoms with E-state index < -0.39 is 0 Å². The molecule has 0 unspecified atom stereocenters. The highest BCUT2D eigenvalue weighted by Gasteiger charge is 2.18. The van der Waals surface area contributed by atoms with Crippen LogP contribution >= 0.6 is 0 Å². The molecule has 0 saturated carbocycles. The van der Waals surface area contributed by atoms with Gasteiger partial charge in [0.25, 0.3) is 5.56 Å². The molecular weight excluding hydrogens is 380 g/mol. The van der Waals surface area contributed by atoms with E-state index in [1.54, 1.807) is 19.3 Å². The third kappa shape index (κ3) is 3.60. The maximum absolute atomic E-state index is 13.3. The van der Waals surface area contributed by atoms with Gasteiger partial charge in [0.05, 0.1) is 36.0 Å². The first-order valence-corrected chi connectivity index (χ1v) is 9.60. The van der Waals surface area contributed by atoms with E-state index >= 15 is 0 Å². The highest BCUT2D eigenvalue weighted by atomic mass is 16.1. The summed E-state index contributed by atoms with van der Waals surface area (Å²) in [5.41, 5.74) is 8.76. The van der Waals surface area contributed by atoms with Crippen LogP contribution in [0, 0.1) is 11.8 Å². The number of fused-ring (bicyclic) bond motifs is 2. The monoisotopic (exact) mass is 402 g/mol. The number of rotatable bonds is 6. The van der Waals surface area contributed by atoms with Crippen molar-refractivity contribution < 1.29 is 0 Å². The third-order valence-electron chi connectivity index (χ3n) is 4.78. The quantitative estimate of drug-likeness (QED) is 0.479. The van der Waals surface area contributed by atoms with E-state index in [4.69, 9.17) is 5.73 Å². The molecule has 0 aliphatic heterocycles. The van der Waals surface area contributed by atoms with Crippen molar-refractivity contribution in [1.29, 1.82) is 0 Å². The summed E-state index contributed by atoms with van der Waals surface area (Å²) in [4.78, 5) is 28.7. The number of imidazole rings is 1. The highest BCUT2D eigenvalue weighted by Crippen LogP contribution is 2.19. The van der Waals surface area contributed by atoms with Crippen molar-refractivity contribution in [2.24, 2.45) is 5.73 Å². The largest absolute Gasteiger partial charge is 0.344 e. The molecule has 152 valence electrons. The first-order valence-electron chi connectivity index (χ1n) is 9.60. The summed E-state index contributed by atoms with van der Waals surface area (Å²) in [6, 6.07) is 7.47. The number of nitrogens with zero attached hydrogens (tertiary/aromatic N) is 7. The molecule has 0 spiro atoms. The van der Waals surface area contributed by atoms with Gasteiger partial charge in [-0.05, 0) is 31.2 Å². The van der Waals surface area contributed by atoms with E-state index in [-0.39, 0.29) is 12.1 Å². The summed E-state index contributed by atoms with van der Waals surface area (Å²) in [6.45, 7) is 3.46. The van der Waals surface area contributed by atoms with Crippen LogP contribution < -0.4 is 16.2 Å². The second-order valence-corrected chi connectivity index (χ2v) is 6.82. The smallest absolute Gasteiger partial charge is 0.293 e. The van der Waals surface area contributed by atoms with Gasteiger partial charge in [-0.1, -0.05) is 5.92 Å². The zero-order valence-electron chi connectivity index (χ0n) is 16.9. The normalized spacial score (nSPS) is 10.9. The molecule has 4 aromatic heterocycles. The Labute approximate surface area is 173 Å². The molecule has 30 heavy (non-hydrogen) atoms. The van der Waals surface area contributed by atoms with Crippen molar-refractivity contribution in [2.45, 2.75) is 20.0 Å². The highest BCUT2D eigenvalue weighted by molar-refractivity contribution is 5.77. The van der Waals surface area contributed by atoms with Gasteiger partial charge in [-0.3, -0.25) is 14.3 Å². The fourth-order valence-electron chi connectivity index (χ4n) is 3.32. The van der Waals surface area contributed by atoms with Crippen LogP contribution in [0.2, 0.25) is 0 Å². The zero-order valence-corrected chi connectivity index (χ0v) is 16.9. The van der Waals surface area contributed by atoms with E-state index in [1.807, 2.05) is 40.8 Å². The second-order valence-electron chi connectivity index (χ2n) is 6.82. The predicted molar refractivity (Wildman–Crippen MR) is 116 cm³/mol. The Morgan fingerprint density at radius 2 is 2.03 bits per heavy atom. The molecule has 9 nitrogen and oxygen atoms in total. The summed E-state index contributed by atoms with van der Waals surface area (Å²) < 4.78 is 3.22. The lowest BCUT2D eigenvalue weighted by Gasteiger charge is -2.17. The lowest BCUT2D eigenvalue weighted by Crippen LogP contribution is -2.29. The number of aromatic nitrogens is 6. The Morgan fingerprint density at radius 3 is 2.83 bits per heavy atom. The molecule has 0 atom stereocenters. The summed E-state index contributed by atoms with van der Waals surface area (Å²) in [7, 11) is 1.89. The van der Waals surface area contributed by atoms with Crippen LogP contribution in [0.25, 0.3) is 22.1 Å². The topological polar surface area (TPSA) is 108 Å². The fraction of sp³-hybridized carbons (Fsp3) is 0.286. The lowest BCUT2D eigenvalue weighted by molar-refractivity contribution is 0.632. The minimum atomic E-state index is -0.238. The molecule has 4 rings (SSSR count). The van der Waals surface area contributed by atoms with Crippen molar-refractivity contribution in [1.82, 2.24) is 29.3 Å². The van der Waals surface area contributed by atoms with Crippen molar-refractivity contribution in [2.75, 3.05) is 25.0 Å². The minimum absolute atomic E-state index is 0.238. The number of anilines is 1. The molecule has 0 saturated heterocycles. The van der Waals surface area contributed by atoms with Crippen LogP contribution in [0.1, 0.15) is 12.6 Å². The van der Waals surface area contributed by atoms with Gasteiger partial charge in [0, 0.05) is 26.3 Å². The summed E-state index contributed by atoms with van der Waals surface area (Å²) in [6.07, 6.45) is 3.33. The lowest BCUT2D eigenvalue weighted by atomic mass is 10.3. The number of pyridine rings is 2. The van der Waals surface area contributed by atoms with Gasteiger partial charge in [-0.15, -0.1) is 5.92 Å². The van der Waals surface area contributed by atoms with E-state index in [1.165, 1.54) is 4.68 Å². The van der Waals surface area contributed by atoms with Crippen LogP contribution in [0.4, 0.5) is 5.95 Å². The molecular formula is C21H22N8O. The Morgan fingerprint density at radius 1 is 1.17 bits per heavy atom. The van der Waals surface area contributed by atoms with Crippen molar-refractivity contribution in [3.63, 3.8) is 0 Å². The van der Waals surface area contributed by atoms with E-state index in [0.717, 1.165) is 16.7 Å². The standard InChI is InChI=1S/C21H22N8O/c1-3-4-11-28-19-18(26-21(28)27(2)12-9-22)13-24-29(20(19)30)14-15-7-8-16-17(25-15)6-5-10-23-16/h5-8,10,13H,9,11-12,14,22H2,1-2H3. The molecule has 4 heterocycles. The van der Waals surface area contributed by atoms with E-state index in [0.29, 0.717) is 36.6 Å². The Hall–Kier alpha value is -3.77. The number of likely N-dealkylation sites (N-methyl/N-ethyl adjacent to an activating group) is 1. The molecule has 9 heteroatoms. The van der Waals surface area contributed by atoms with Crippen molar-refractivity contribution >= 4 is 28.0 Å². The molecule has 0 radical (unpaired) electrons. The Balaban J connectivity index is 1.79. The fourth-order valence-corrected chi connectivity index (χ4v) is 3.32. The predicted octanol–water partition coefficient (Wildman–Crippen LogP) is 1.00. The molecule has 4 aromatic rings. The molecule has 0 amide bonds. The summed E-state index contributed by atoms with van der Waals surface area (Å²) in [5, 5.41) is 4.32. The molecule has 0 aromatic carbocycles. The zero-order chi connectivity index (χ0) is 21.1. The first-order chi connectivity index (χ1) is 14.6. The van der Waals surface area contributed by atoms with E-state index in [2.05, 4.69) is 31.9 Å². The van der Waals surface area contributed by atoms with Gasteiger partial charge in [-0.2, -0.15) is 5.10 Å². The summed E-state index contributed by atoms with van der Waals surface area (Å²) in [5.74, 6) is 6.54. The van der Waals surface area contributed by atoms with Crippen LogP contribution in [0.15, 0.2) is 41.5 Å². The Bertz CT molecular complexity index is 1330. The van der Waals surface area contributed by atoms with Crippen molar-refractivity contribution in [3.8, 4) is 11.8 Å². The molecule has 0 aliphatic rings. The maximum Gasteiger partial charge on any atom is 0.293 e. The minimum Gasteiger partial charge on any atom is -0.344 e. The molecule has 2 N–H and O–H groups in total. The number of hydrogen-bond donors (Lipinski definition) is 1. The van der Waals surface area contributed by atoms with Gasteiger partial charge in [-0.25, -0.2) is 14.6 Å². The van der Waals surface area contributed by atoms with Crippen LogP contribution in [-0.2, 0) is 13.1 Å². The average Bonchev–Trinajstić information content (AvgIpc) is 3.13. The first kappa shape index (κ1) is 19.5. The van der Waals surface area contributed by atoms with Crippen LogP contribution in [-0.4, -0.2) is 49.4 Å². The van der Waals surface area contributed by atoms with Crippen LogP contribution in [0.5, 0.6) is 0 Å². The van der Waals surface area contributed by atoms with Crippen molar-refractivity contribution in [3.05, 3.63) is 52.7 Å². The van der Waals surface area contributed by atoms with E-state index in [9.17, 15) is 4.79 Å². The average molecular weight is 402 g/mol. The Kier molecular flexibility index (Phi) is 5.41. The summed E-state index contributed by atoms with van der Waals surface area (Å²) >= 11 is 0. The SMILES string of the molecule is CC#CCn1c(N(C)CCN)nc2cnn(Cc3ccc4ncccc4n3)c(=O)c21. The molecule has 0 aliphatic carbocycles. The second kappa shape index (κ2) is 8.31. The molecule has 0 fully saturated rings. The van der Waals surface area contributed by atoms with Gasteiger partial charge in [0.2, 0.25) is 5.95 Å². The third-order valence-corrected chi connectivity index (χ3v) is 4.78.